The van der Waals surface area contributed by atoms with E-state index in [-0.39, 0.29) is 6.61 Å². The molecular weight excluding hydrogens is 444 g/mol. The van der Waals surface area contributed by atoms with Crippen molar-refractivity contribution >= 4 is 11.4 Å². The maximum absolute atomic E-state index is 5.74. The van der Waals surface area contributed by atoms with Crippen LogP contribution < -0.4 is 9.64 Å². The molecule has 4 aromatic rings. The van der Waals surface area contributed by atoms with Crippen molar-refractivity contribution in [2.24, 2.45) is 4.99 Å². The SMILES string of the molecule is C#CCOc1ccc2c(c1)C(c1ccc(C(C)C)cc1)=NCN2Cc1ccc(-c2cnccn2)cc1. The second-order valence-electron chi connectivity index (χ2n) is 9.08. The van der Waals surface area contributed by atoms with Crippen molar-refractivity contribution in [3.8, 4) is 29.4 Å². The van der Waals surface area contributed by atoms with Crippen molar-refractivity contribution in [2.75, 3.05) is 18.2 Å². The van der Waals surface area contributed by atoms with E-state index in [1.807, 2.05) is 12.1 Å². The van der Waals surface area contributed by atoms with Crippen LogP contribution in [0.1, 0.15) is 42.0 Å². The van der Waals surface area contributed by atoms with Crippen LogP contribution in [0.4, 0.5) is 5.69 Å². The molecule has 0 radical (unpaired) electrons. The summed E-state index contributed by atoms with van der Waals surface area (Å²) in [7, 11) is 0. The van der Waals surface area contributed by atoms with Gasteiger partial charge in [-0.25, -0.2) is 0 Å². The highest BCUT2D eigenvalue weighted by Crippen LogP contribution is 2.33. The molecule has 0 bridgehead atoms. The van der Waals surface area contributed by atoms with Gasteiger partial charge in [0.15, 0.2) is 0 Å². The fourth-order valence-corrected chi connectivity index (χ4v) is 4.37. The molecule has 0 amide bonds. The Balaban J connectivity index is 1.44. The Kier molecular flexibility index (Phi) is 6.77. The predicted molar refractivity (Wildman–Crippen MR) is 145 cm³/mol. The molecule has 0 saturated carbocycles. The standard InChI is InChI=1S/C31H28N4O/c1-4-17-36-27-13-14-30-28(18-27)31(26-11-9-24(10-12-26)22(2)3)34-21-35(30)20-23-5-7-25(8-6-23)29-19-32-15-16-33-29/h1,5-16,18-19,22H,17,20-21H2,2-3H3. The van der Waals surface area contributed by atoms with E-state index < -0.39 is 0 Å². The Morgan fingerprint density at radius 3 is 2.44 bits per heavy atom. The first-order valence-corrected chi connectivity index (χ1v) is 12.1. The van der Waals surface area contributed by atoms with Crippen LogP contribution >= 0.6 is 0 Å². The summed E-state index contributed by atoms with van der Waals surface area (Å²) in [5, 5.41) is 0. The number of benzene rings is 3. The molecule has 0 saturated heterocycles. The van der Waals surface area contributed by atoms with E-state index in [1.54, 1.807) is 18.6 Å². The van der Waals surface area contributed by atoms with Gasteiger partial charge in [0.1, 0.15) is 19.0 Å². The second-order valence-corrected chi connectivity index (χ2v) is 9.08. The number of ether oxygens (including phenoxy) is 1. The number of terminal acetylenes is 1. The number of nitrogens with zero attached hydrogens (tertiary/aromatic N) is 4. The molecule has 0 atom stereocenters. The Bertz CT molecular complexity index is 1400. The van der Waals surface area contributed by atoms with E-state index in [1.165, 1.54) is 11.1 Å². The minimum Gasteiger partial charge on any atom is -0.481 e. The molecule has 5 rings (SSSR count). The number of aromatic nitrogens is 2. The van der Waals surface area contributed by atoms with Gasteiger partial charge in [0.25, 0.3) is 0 Å². The van der Waals surface area contributed by atoms with Gasteiger partial charge in [0.05, 0.1) is 17.6 Å². The van der Waals surface area contributed by atoms with E-state index in [2.05, 4.69) is 89.2 Å². The van der Waals surface area contributed by atoms with Gasteiger partial charge in [0, 0.05) is 41.3 Å². The van der Waals surface area contributed by atoms with Crippen LogP contribution in [0.2, 0.25) is 0 Å². The first-order chi connectivity index (χ1) is 17.6. The molecular formula is C31H28N4O. The van der Waals surface area contributed by atoms with Crippen molar-refractivity contribution in [3.05, 3.63) is 108 Å². The van der Waals surface area contributed by atoms with Gasteiger partial charge in [0.2, 0.25) is 0 Å². The zero-order valence-corrected chi connectivity index (χ0v) is 20.6. The van der Waals surface area contributed by atoms with Crippen molar-refractivity contribution in [1.29, 1.82) is 0 Å². The van der Waals surface area contributed by atoms with Crippen LogP contribution in [0, 0.1) is 12.3 Å². The molecule has 178 valence electrons. The Morgan fingerprint density at radius 1 is 0.972 bits per heavy atom. The van der Waals surface area contributed by atoms with Crippen LogP contribution in [0.3, 0.4) is 0 Å². The lowest BCUT2D eigenvalue weighted by Gasteiger charge is -2.31. The maximum Gasteiger partial charge on any atom is 0.148 e. The lowest BCUT2D eigenvalue weighted by molar-refractivity contribution is 0.370. The lowest BCUT2D eigenvalue weighted by atomic mass is 9.95. The molecule has 3 aromatic carbocycles. The average molecular weight is 473 g/mol. The van der Waals surface area contributed by atoms with Crippen molar-refractivity contribution in [2.45, 2.75) is 26.3 Å². The molecule has 0 aliphatic carbocycles. The van der Waals surface area contributed by atoms with E-state index in [4.69, 9.17) is 16.2 Å². The van der Waals surface area contributed by atoms with Gasteiger partial charge in [-0.2, -0.15) is 0 Å². The predicted octanol–water partition coefficient (Wildman–Crippen LogP) is 6.09. The maximum atomic E-state index is 5.74. The number of aliphatic imine (C=N–C) groups is 1. The molecule has 0 unspecified atom stereocenters. The van der Waals surface area contributed by atoms with Gasteiger partial charge in [-0.3, -0.25) is 15.0 Å². The van der Waals surface area contributed by atoms with Gasteiger partial charge < -0.3 is 9.64 Å². The smallest absolute Gasteiger partial charge is 0.148 e. The summed E-state index contributed by atoms with van der Waals surface area (Å²) >= 11 is 0. The summed E-state index contributed by atoms with van der Waals surface area (Å²) in [6.07, 6.45) is 10.6. The van der Waals surface area contributed by atoms with E-state index in [0.29, 0.717) is 12.6 Å². The summed E-state index contributed by atoms with van der Waals surface area (Å²) in [5.74, 6) is 3.77. The molecule has 5 nitrogen and oxygen atoms in total. The Hall–Kier alpha value is -4.43. The van der Waals surface area contributed by atoms with Gasteiger partial charge in [-0.05, 0) is 35.2 Å². The number of hydrogen-bond acceptors (Lipinski definition) is 5. The molecule has 1 aliphatic rings. The van der Waals surface area contributed by atoms with E-state index in [9.17, 15) is 0 Å². The summed E-state index contributed by atoms with van der Waals surface area (Å²) in [5.41, 5.74) is 8.66. The minimum absolute atomic E-state index is 0.232. The van der Waals surface area contributed by atoms with Gasteiger partial charge in [-0.15, -0.1) is 6.42 Å². The molecule has 0 spiro atoms. The summed E-state index contributed by atoms with van der Waals surface area (Å²) in [6.45, 7) is 5.95. The minimum atomic E-state index is 0.232. The Labute approximate surface area is 212 Å². The molecule has 0 fully saturated rings. The number of hydrogen-bond donors (Lipinski definition) is 0. The van der Waals surface area contributed by atoms with Crippen LogP contribution in [-0.2, 0) is 6.54 Å². The normalized spacial score (nSPS) is 12.6. The highest BCUT2D eigenvalue weighted by Gasteiger charge is 2.22. The molecule has 1 aliphatic heterocycles. The third-order valence-corrected chi connectivity index (χ3v) is 6.32. The fourth-order valence-electron chi connectivity index (χ4n) is 4.37. The monoisotopic (exact) mass is 472 g/mol. The number of rotatable bonds is 7. The largest absolute Gasteiger partial charge is 0.481 e. The van der Waals surface area contributed by atoms with Crippen molar-refractivity contribution < 1.29 is 4.74 Å². The van der Waals surface area contributed by atoms with Crippen molar-refractivity contribution in [1.82, 2.24) is 9.97 Å². The van der Waals surface area contributed by atoms with Crippen LogP contribution in [-0.4, -0.2) is 29.0 Å². The van der Waals surface area contributed by atoms with Crippen LogP contribution in [0.5, 0.6) is 5.75 Å². The van der Waals surface area contributed by atoms with Crippen LogP contribution in [0.25, 0.3) is 11.3 Å². The second kappa shape index (κ2) is 10.5. The Morgan fingerprint density at radius 2 is 1.75 bits per heavy atom. The summed E-state index contributed by atoms with van der Waals surface area (Å²) in [4.78, 5) is 15.8. The highest BCUT2D eigenvalue weighted by atomic mass is 16.5. The highest BCUT2D eigenvalue weighted by molar-refractivity contribution is 6.17. The zero-order valence-electron chi connectivity index (χ0n) is 20.6. The molecule has 0 N–H and O–H groups in total. The molecule has 2 heterocycles. The fraction of sp³-hybridized carbons (Fsp3) is 0.194. The summed E-state index contributed by atoms with van der Waals surface area (Å²) in [6, 6.07) is 23.3. The van der Waals surface area contributed by atoms with E-state index in [0.717, 1.165) is 46.1 Å². The summed E-state index contributed by atoms with van der Waals surface area (Å²) < 4.78 is 5.74. The van der Waals surface area contributed by atoms with Gasteiger partial charge >= 0.3 is 0 Å². The quantitative estimate of drug-likeness (QED) is 0.305. The number of anilines is 1. The third-order valence-electron chi connectivity index (χ3n) is 6.32. The number of fused-ring (bicyclic) bond motifs is 1. The molecule has 5 heteroatoms. The van der Waals surface area contributed by atoms with Gasteiger partial charge in [-0.1, -0.05) is 68.3 Å². The average Bonchev–Trinajstić information content (AvgIpc) is 2.93. The van der Waals surface area contributed by atoms with Crippen molar-refractivity contribution in [3.63, 3.8) is 0 Å². The molecule has 36 heavy (non-hydrogen) atoms. The van der Waals surface area contributed by atoms with Crippen LogP contribution in [0.15, 0.2) is 90.3 Å². The topological polar surface area (TPSA) is 50.6 Å². The van der Waals surface area contributed by atoms with E-state index >= 15 is 0 Å². The zero-order chi connectivity index (χ0) is 24.9. The first kappa shape index (κ1) is 23.3. The third kappa shape index (κ3) is 4.99. The molecule has 1 aromatic heterocycles. The lowest BCUT2D eigenvalue weighted by Crippen LogP contribution is -2.29. The first-order valence-electron chi connectivity index (χ1n) is 12.1.